The maximum atomic E-state index is 12.1. The molecule has 1 amide bonds. The Balaban J connectivity index is 1.69. The maximum absolute atomic E-state index is 12.1. The summed E-state index contributed by atoms with van der Waals surface area (Å²) in [5.41, 5.74) is 8.55. The molecular formula is C29H25NO3. The Morgan fingerprint density at radius 3 is 2.30 bits per heavy atom. The first-order valence-corrected chi connectivity index (χ1v) is 11.3. The van der Waals surface area contributed by atoms with Crippen molar-refractivity contribution in [2.45, 2.75) is 25.8 Å². The molecule has 0 radical (unpaired) electrons. The molecule has 0 unspecified atom stereocenters. The first-order chi connectivity index (χ1) is 16.1. The standard InChI is InChI=1S/C29H25NO3/c31-26(32)16-11-19-9-12-22(13-10-19)28(23-14-15-25-24(17-23)18-30-29(25)33)27(21-7-4-8-21)20-5-2-1-3-6-20/h1-3,5-6,9-17,21H,4,7-8,18H2,(H,30,33)(H,31,32)/b16-11+,28-27-. The van der Waals surface area contributed by atoms with E-state index in [1.807, 2.05) is 24.3 Å². The normalized spacial score (nSPS) is 16.2. The number of aliphatic carboxylic acids is 1. The Morgan fingerprint density at radius 1 is 0.909 bits per heavy atom. The molecule has 4 nitrogen and oxygen atoms in total. The zero-order valence-corrected chi connectivity index (χ0v) is 18.3. The number of carbonyl (C=O) groups is 2. The number of amides is 1. The smallest absolute Gasteiger partial charge is 0.328 e. The third-order valence-electron chi connectivity index (χ3n) is 6.56. The van der Waals surface area contributed by atoms with Crippen LogP contribution in [-0.4, -0.2) is 17.0 Å². The molecule has 0 spiro atoms. The number of fused-ring (bicyclic) bond motifs is 1. The third-order valence-corrected chi connectivity index (χ3v) is 6.56. The van der Waals surface area contributed by atoms with E-state index in [0.29, 0.717) is 12.5 Å². The molecule has 5 rings (SSSR count). The lowest BCUT2D eigenvalue weighted by Crippen LogP contribution is -2.15. The Morgan fingerprint density at radius 2 is 1.64 bits per heavy atom. The lowest BCUT2D eigenvalue weighted by Gasteiger charge is -2.31. The lowest BCUT2D eigenvalue weighted by molar-refractivity contribution is -0.131. The fourth-order valence-electron chi connectivity index (χ4n) is 4.69. The van der Waals surface area contributed by atoms with Crippen molar-refractivity contribution in [3.8, 4) is 0 Å². The highest BCUT2D eigenvalue weighted by molar-refractivity contribution is 6.02. The van der Waals surface area contributed by atoms with Gasteiger partial charge >= 0.3 is 5.97 Å². The van der Waals surface area contributed by atoms with Crippen molar-refractivity contribution in [1.29, 1.82) is 0 Å². The van der Waals surface area contributed by atoms with Gasteiger partial charge in [0.1, 0.15) is 0 Å². The molecule has 4 heteroatoms. The van der Waals surface area contributed by atoms with Gasteiger partial charge in [0.15, 0.2) is 0 Å². The molecule has 3 aromatic carbocycles. The van der Waals surface area contributed by atoms with E-state index in [4.69, 9.17) is 5.11 Å². The van der Waals surface area contributed by atoms with Gasteiger partial charge in [-0.1, -0.05) is 67.1 Å². The highest BCUT2D eigenvalue weighted by Gasteiger charge is 2.28. The number of hydrogen-bond acceptors (Lipinski definition) is 2. The van der Waals surface area contributed by atoms with Crippen LogP contribution in [0, 0.1) is 5.92 Å². The van der Waals surface area contributed by atoms with Crippen molar-refractivity contribution in [2.24, 2.45) is 5.92 Å². The molecule has 0 aromatic heterocycles. The number of carboxylic acid groups (broad SMARTS) is 1. The molecule has 0 bridgehead atoms. The first-order valence-electron chi connectivity index (χ1n) is 11.3. The average Bonchev–Trinajstić information content (AvgIpc) is 3.17. The molecule has 164 valence electrons. The Labute approximate surface area is 193 Å². The van der Waals surface area contributed by atoms with Gasteiger partial charge in [-0.25, -0.2) is 4.79 Å². The molecule has 1 saturated carbocycles. The van der Waals surface area contributed by atoms with Crippen LogP contribution in [0.15, 0.2) is 78.9 Å². The van der Waals surface area contributed by atoms with E-state index in [1.54, 1.807) is 6.08 Å². The van der Waals surface area contributed by atoms with Crippen molar-refractivity contribution in [3.05, 3.63) is 112 Å². The topological polar surface area (TPSA) is 66.4 Å². The number of hydrogen-bond donors (Lipinski definition) is 2. The van der Waals surface area contributed by atoms with Gasteiger partial charge in [-0.05, 0) is 75.9 Å². The molecule has 1 aliphatic carbocycles. The van der Waals surface area contributed by atoms with E-state index in [-0.39, 0.29) is 5.91 Å². The molecule has 0 saturated heterocycles. The van der Waals surface area contributed by atoms with Crippen molar-refractivity contribution >= 4 is 29.1 Å². The highest BCUT2D eigenvalue weighted by atomic mass is 16.4. The van der Waals surface area contributed by atoms with Gasteiger partial charge in [-0.3, -0.25) is 4.79 Å². The van der Waals surface area contributed by atoms with Crippen LogP contribution in [-0.2, 0) is 11.3 Å². The first kappa shape index (κ1) is 21.0. The summed E-state index contributed by atoms with van der Waals surface area (Å²) in [5.74, 6) is -0.488. The minimum Gasteiger partial charge on any atom is -0.478 e. The van der Waals surface area contributed by atoms with Crippen LogP contribution in [0.4, 0.5) is 0 Å². The monoisotopic (exact) mass is 435 g/mol. The molecule has 2 aliphatic rings. The van der Waals surface area contributed by atoms with Crippen molar-refractivity contribution in [1.82, 2.24) is 5.32 Å². The molecule has 2 N–H and O–H groups in total. The van der Waals surface area contributed by atoms with Crippen LogP contribution in [0.5, 0.6) is 0 Å². The van der Waals surface area contributed by atoms with Gasteiger partial charge in [0.05, 0.1) is 0 Å². The Hall–Kier alpha value is -3.92. The van der Waals surface area contributed by atoms with Crippen LogP contribution in [0.3, 0.4) is 0 Å². The summed E-state index contributed by atoms with van der Waals surface area (Å²) in [4.78, 5) is 23.0. The number of carbonyl (C=O) groups excluding carboxylic acids is 1. The highest BCUT2D eigenvalue weighted by Crippen LogP contribution is 2.45. The van der Waals surface area contributed by atoms with E-state index in [9.17, 15) is 9.59 Å². The van der Waals surface area contributed by atoms with E-state index in [2.05, 4.69) is 53.8 Å². The second-order valence-electron chi connectivity index (χ2n) is 8.63. The average molecular weight is 436 g/mol. The predicted octanol–water partition coefficient (Wildman–Crippen LogP) is 5.79. The van der Waals surface area contributed by atoms with E-state index >= 15 is 0 Å². The molecule has 1 fully saturated rings. The number of nitrogens with one attached hydrogen (secondary N) is 1. The second kappa shape index (κ2) is 8.91. The fourth-order valence-corrected chi connectivity index (χ4v) is 4.69. The zero-order valence-electron chi connectivity index (χ0n) is 18.3. The molecular weight excluding hydrogens is 410 g/mol. The summed E-state index contributed by atoms with van der Waals surface area (Å²) < 4.78 is 0. The summed E-state index contributed by atoms with van der Waals surface area (Å²) >= 11 is 0. The quantitative estimate of drug-likeness (QED) is 0.381. The minimum absolute atomic E-state index is 0.0149. The molecule has 33 heavy (non-hydrogen) atoms. The van der Waals surface area contributed by atoms with Crippen LogP contribution < -0.4 is 5.32 Å². The summed E-state index contributed by atoms with van der Waals surface area (Å²) in [6.07, 6.45) is 6.32. The minimum atomic E-state index is -0.961. The van der Waals surface area contributed by atoms with Crippen LogP contribution in [0.25, 0.3) is 17.2 Å². The van der Waals surface area contributed by atoms with Crippen molar-refractivity contribution < 1.29 is 14.7 Å². The molecule has 3 aromatic rings. The van der Waals surface area contributed by atoms with Crippen LogP contribution in [0.1, 0.15) is 57.4 Å². The second-order valence-corrected chi connectivity index (χ2v) is 8.63. The van der Waals surface area contributed by atoms with Gasteiger partial charge < -0.3 is 10.4 Å². The van der Waals surface area contributed by atoms with E-state index in [1.165, 1.54) is 23.1 Å². The van der Waals surface area contributed by atoms with Crippen molar-refractivity contribution in [2.75, 3.05) is 0 Å². The van der Waals surface area contributed by atoms with Crippen LogP contribution in [0.2, 0.25) is 0 Å². The summed E-state index contributed by atoms with van der Waals surface area (Å²) in [7, 11) is 0. The number of benzene rings is 3. The van der Waals surface area contributed by atoms with E-state index in [0.717, 1.165) is 46.7 Å². The van der Waals surface area contributed by atoms with Gasteiger partial charge in [-0.2, -0.15) is 0 Å². The van der Waals surface area contributed by atoms with Gasteiger partial charge in [0.25, 0.3) is 5.91 Å². The largest absolute Gasteiger partial charge is 0.478 e. The molecule has 1 heterocycles. The van der Waals surface area contributed by atoms with Gasteiger partial charge in [-0.15, -0.1) is 0 Å². The molecule has 0 atom stereocenters. The lowest BCUT2D eigenvalue weighted by atomic mass is 9.73. The summed E-state index contributed by atoms with van der Waals surface area (Å²) in [6.45, 7) is 0.554. The van der Waals surface area contributed by atoms with Gasteiger partial charge in [0.2, 0.25) is 0 Å². The van der Waals surface area contributed by atoms with Gasteiger partial charge in [0, 0.05) is 18.2 Å². The predicted molar refractivity (Wildman–Crippen MR) is 130 cm³/mol. The zero-order chi connectivity index (χ0) is 22.8. The SMILES string of the molecule is O=C(O)/C=C/c1ccc(/C(=C(\c2ccccc2)C2CCC2)c2ccc3c(c2)CNC3=O)cc1. The van der Waals surface area contributed by atoms with Crippen LogP contribution >= 0.6 is 0 Å². The number of carboxylic acids is 1. The maximum Gasteiger partial charge on any atom is 0.328 e. The summed E-state index contributed by atoms with van der Waals surface area (Å²) in [5, 5.41) is 11.8. The fraction of sp³-hybridized carbons (Fsp3) is 0.172. The number of rotatable bonds is 6. The molecule has 1 aliphatic heterocycles. The number of allylic oxidation sites excluding steroid dienone is 1. The van der Waals surface area contributed by atoms with E-state index < -0.39 is 5.97 Å². The third kappa shape index (κ3) is 4.24. The van der Waals surface area contributed by atoms with Crippen molar-refractivity contribution in [3.63, 3.8) is 0 Å². The Bertz CT molecular complexity index is 1270. The summed E-state index contributed by atoms with van der Waals surface area (Å²) in [6, 6.07) is 24.7. The Kier molecular flexibility index (Phi) is 5.66.